The molecule has 142 valence electrons. The fourth-order valence-electron chi connectivity index (χ4n) is 2.82. The van der Waals surface area contributed by atoms with Crippen LogP contribution in [-0.2, 0) is 4.74 Å². The van der Waals surface area contributed by atoms with Crippen LogP contribution in [0.15, 0.2) is 57.5 Å². The lowest BCUT2D eigenvalue weighted by Crippen LogP contribution is -2.43. The van der Waals surface area contributed by atoms with Crippen molar-refractivity contribution in [3.63, 3.8) is 0 Å². The molecule has 0 radical (unpaired) electrons. The van der Waals surface area contributed by atoms with E-state index in [1.807, 2.05) is 36.4 Å². The number of ether oxygens (including phenoxy) is 2. The first-order valence-corrected chi connectivity index (χ1v) is 9.84. The van der Waals surface area contributed by atoms with Crippen LogP contribution in [0.1, 0.15) is 11.7 Å². The lowest BCUT2D eigenvalue weighted by atomic mass is 10.1. The van der Waals surface area contributed by atoms with Crippen molar-refractivity contribution < 1.29 is 14.6 Å². The Morgan fingerprint density at radius 1 is 1.08 bits per heavy atom. The monoisotopic (exact) mass is 505 g/mol. The molecule has 1 N–H and O–H groups in total. The molecule has 0 bridgehead atoms. The van der Waals surface area contributed by atoms with Crippen molar-refractivity contribution >= 4 is 44.3 Å². The van der Waals surface area contributed by atoms with Crippen molar-refractivity contribution in [2.24, 2.45) is 0 Å². The number of aliphatic hydroxyl groups is 1. The molecular formula is C19H22Br2ClNO3. The average Bonchev–Trinajstić information content (AvgIpc) is 2.62. The molecule has 2 aromatic carbocycles. The zero-order valence-corrected chi connectivity index (χ0v) is 18.2. The summed E-state index contributed by atoms with van der Waals surface area (Å²) in [6.45, 7) is 3.12. The summed E-state index contributed by atoms with van der Waals surface area (Å²) in [4.78, 5) is 2.23. The van der Waals surface area contributed by atoms with Gasteiger partial charge in [-0.2, -0.15) is 0 Å². The molecule has 0 aliphatic carbocycles. The van der Waals surface area contributed by atoms with E-state index in [2.05, 4.69) is 48.9 Å². The van der Waals surface area contributed by atoms with Crippen LogP contribution >= 0.6 is 44.3 Å². The van der Waals surface area contributed by atoms with Gasteiger partial charge in [0, 0.05) is 28.6 Å². The maximum absolute atomic E-state index is 10.3. The SMILES string of the molecule is Cl.OC(COc1ccc(Br)cc1)CN1CCOC(c2ccc(Br)cc2)C1. The van der Waals surface area contributed by atoms with Crippen molar-refractivity contribution in [2.75, 3.05) is 32.8 Å². The minimum atomic E-state index is -0.535. The second-order valence-electron chi connectivity index (χ2n) is 6.09. The van der Waals surface area contributed by atoms with Crippen molar-refractivity contribution in [2.45, 2.75) is 12.2 Å². The van der Waals surface area contributed by atoms with E-state index < -0.39 is 6.10 Å². The molecule has 7 heteroatoms. The molecule has 2 aromatic rings. The Kier molecular flexibility index (Phi) is 8.87. The molecule has 26 heavy (non-hydrogen) atoms. The highest BCUT2D eigenvalue weighted by molar-refractivity contribution is 9.10. The average molecular weight is 508 g/mol. The van der Waals surface area contributed by atoms with Crippen molar-refractivity contribution in [1.82, 2.24) is 4.90 Å². The third-order valence-electron chi connectivity index (χ3n) is 4.12. The van der Waals surface area contributed by atoms with Crippen molar-refractivity contribution in [3.8, 4) is 5.75 Å². The van der Waals surface area contributed by atoms with Crippen LogP contribution in [0.25, 0.3) is 0 Å². The Hall–Kier alpha value is -0.630. The van der Waals surface area contributed by atoms with Crippen LogP contribution in [0, 0.1) is 0 Å². The van der Waals surface area contributed by atoms with Gasteiger partial charge < -0.3 is 14.6 Å². The molecule has 1 saturated heterocycles. The lowest BCUT2D eigenvalue weighted by Gasteiger charge is -2.34. The number of rotatable bonds is 6. The van der Waals surface area contributed by atoms with Gasteiger partial charge in [-0.25, -0.2) is 0 Å². The number of aliphatic hydroxyl groups excluding tert-OH is 1. The van der Waals surface area contributed by atoms with Gasteiger partial charge in [-0.1, -0.05) is 44.0 Å². The number of benzene rings is 2. The molecular weight excluding hydrogens is 485 g/mol. The summed E-state index contributed by atoms with van der Waals surface area (Å²) in [5.41, 5.74) is 1.16. The van der Waals surface area contributed by atoms with Crippen molar-refractivity contribution in [1.29, 1.82) is 0 Å². The highest BCUT2D eigenvalue weighted by Gasteiger charge is 2.23. The van der Waals surface area contributed by atoms with Crippen LogP contribution in [0.3, 0.4) is 0 Å². The molecule has 1 fully saturated rings. The fraction of sp³-hybridized carbons (Fsp3) is 0.368. The number of β-amino-alcohol motifs (C(OH)–C–C–N with tert-alkyl or cyclic N) is 1. The Balaban J connectivity index is 0.00000243. The van der Waals surface area contributed by atoms with E-state index in [-0.39, 0.29) is 25.1 Å². The summed E-state index contributed by atoms with van der Waals surface area (Å²) in [5, 5.41) is 10.3. The normalized spacial score (nSPS) is 18.8. The fourth-order valence-corrected chi connectivity index (χ4v) is 3.35. The van der Waals surface area contributed by atoms with Gasteiger partial charge in [0.05, 0.1) is 12.7 Å². The van der Waals surface area contributed by atoms with E-state index in [0.717, 1.165) is 33.3 Å². The highest BCUT2D eigenvalue weighted by atomic mass is 79.9. The third-order valence-corrected chi connectivity index (χ3v) is 5.17. The molecule has 0 aromatic heterocycles. The Labute approximate surface area is 177 Å². The highest BCUT2D eigenvalue weighted by Crippen LogP contribution is 2.24. The first kappa shape index (κ1) is 21.7. The molecule has 2 atom stereocenters. The summed E-state index contributed by atoms with van der Waals surface area (Å²) >= 11 is 6.85. The largest absolute Gasteiger partial charge is 0.491 e. The smallest absolute Gasteiger partial charge is 0.119 e. The number of halogens is 3. The van der Waals surface area contributed by atoms with Gasteiger partial charge in [-0.15, -0.1) is 12.4 Å². The van der Waals surface area contributed by atoms with E-state index in [0.29, 0.717) is 13.2 Å². The van der Waals surface area contributed by atoms with Crippen LogP contribution in [0.5, 0.6) is 5.75 Å². The molecule has 1 heterocycles. The molecule has 1 aliphatic heterocycles. The summed E-state index contributed by atoms with van der Waals surface area (Å²) in [5.74, 6) is 0.761. The molecule has 0 saturated carbocycles. The van der Waals surface area contributed by atoms with E-state index in [4.69, 9.17) is 9.47 Å². The van der Waals surface area contributed by atoms with Crippen LogP contribution in [-0.4, -0.2) is 49.0 Å². The summed E-state index contributed by atoms with van der Waals surface area (Å²) < 4.78 is 13.6. The molecule has 4 nitrogen and oxygen atoms in total. The minimum Gasteiger partial charge on any atom is -0.491 e. The lowest BCUT2D eigenvalue weighted by molar-refractivity contribution is -0.0459. The molecule has 0 spiro atoms. The first-order valence-electron chi connectivity index (χ1n) is 8.26. The predicted octanol–water partition coefficient (Wildman–Crippen LogP) is 4.45. The molecule has 2 unspecified atom stereocenters. The van der Waals surface area contributed by atoms with Gasteiger partial charge in [-0.3, -0.25) is 4.90 Å². The van der Waals surface area contributed by atoms with Crippen molar-refractivity contribution in [3.05, 3.63) is 63.0 Å². The van der Waals surface area contributed by atoms with Crippen LogP contribution < -0.4 is 4.74 Å². The predicted molar refractivity (Wildman–Crippen MR) is 112 cm³/mol. The minimum absolute atomic E-state index is 0. The maximum Gasteiger partial charge on any atom is 0.119 e. The van der Waals surface area contributed by atoms with Crippen LogP contribution in [0.2, 0.25) is 0 Å². The second kappa shape index (κ2) is 10.6. The van der Waals surface area contributed by atoms with Gasteiger partial charge >= 0.3 is 0 Å². The number of hydrogen-bond acceptors (Lipinski definition) is 4. The molecule has 1 aliphatic rings. The summed E-state index contributed by atoms with van der Waals surface area (Å²) in [7, 11) is 0. The van der Waals surface area contributed by atoms with Gasteiger partial charge in [-0.05, 0) is 42.0 Å². The Morgan fingerprint density at radius 3 is 2.35 bits per heavy atom. The molecule has 3 rings (SSSR count). The quantitative estimate of drug-likeness (QED) is 0.628. The summed E-state index contributed by atoms with van der Waals surface area (Å²) in [6.07, 6.45) is -0.492. The zero-order chi connectivity index (χ0) is 17.6. The number of morpholine rings is 1. The van der Waals surface area contributed by atoms with Gasteiger partial charge in [0.2, 0.25) is 0 Å². The van der Waals surface area contributed by atoms with Crippen LogP contribution in [0.4, 0.5) is 0 Å². The summed E-state index contributed by atoms with van der Waals surface area (Å²) in [6, 6.07) is 15.8. The van der Waals surface area contributed by atoms with Gasteiger partial charge in [0.1, 0.15) is 18.5 Å². The van der Waals surface area contributed by atoms with Gasteiger partial charge in [0.25, 0.3) is 0 Å². The Morgan fingerprint density at radius 2 is 1.69 bits per heavy atom. The number of hydrogen-bond donors (Lipinski definition) is 1. The molecule has 0 amide bonds. The zero-order valence-electron chi connectivity index (χ0n) is 14.2. The first-order chi connectivity index (χ1) is 12.1. The van der Waals surface area contributed by atoms with E-state index in [1.54, 1.807) is 0 Å². The van der Waals surface area contributed by atoms with E-state index >= 15 is 0 Å². The third kappa shape index (κ3) is 6.51. The van der Waals surface area contributed by atoms with E-state index in [1.165, 1.54) is 0 Å². The number of nitrogens with zero attached hydrogens (tertiary/aromatic N) is 1. The van der Waals surface area contributed by atoms with Gasteiger partial charge in [0.15, 0.2) is 0 Å². The maximum atomic E-state index is 10.3. The standard InChI is InChI=1S/C19H21Br2NO3.ClH/c20-15-3-1-14(2-4-15)19-12-22(9-10-24-19)11-17(23)13-25-18-7-5-16(21)6-8-18;/h1-8,17,19,23H,9-13H2;1H. The van der Waals surface area contributed by atoms with E-state index in [9.17, 15) is 5.11 Å². The topological polar surface area (TPSA) is 41.9 Å². The Bertz CT molecular complexity index is 669. The second-order valence-corrected chi connectivity index (χ2v) is 7.92.